The minimum Gasteiger partial charge on any atom is -0.344 e. The normalized spacial score (nSPS) is 10.9. The van der Waals surface area contributed by atoms with Crippen LogP contribution in [0.1, 0.15) is 15.5 Å². The predicted octanol–water partition coefficient (Wildman–Crippen LogP) is 1.38. The molecule has 0 unspecified atom stereocenters. The molecule has 0 saturated heterocycles. The van der Waals surface area contributed by atoms with Gasteiger partial charge in [0.05, 0.1) is 23.1 Å². The molecule has 108 valence electrons. The third kappa shape index (κ3) is 3.09. The monoisotopic (exact) mass is 301 g/mol. The van der Waals surface area contributed by atoms with Gasteiger partial charge >= 0.3 is 0 Å². The Labute approximate surface area is 125 Å². The Morgan fingerprint density at radius 1 is 1.38 bits per heavy atom. The lowest BCUT2D eigenvalue weighted by Crippen LogP contribution is -2.23. The molecule has 2 heterocycles. The van der Waals surface area contributed by atoms with Crippen LogP contribution in [0.4, 0.5) is 0 Å². The topological polar surface area (TPSA) is 85.8 Å². The van der Waals surface area contributed by atoms with Crippen LogP contribution >= 0.6 is 11.3 Å². The van der Waals surface area contributed by atoms with Crippen LogP contribution in [-0.4, -0.2) is 27.0 Å². The number of nitrogens with one attached hydrogen (secondary N) is 1. The van der Waals surface area contributed by atoms with Crippen LogP contribution in [0.15, 0.2) is 36.8 Å². The van der Waals surface area contributed by atoms with E-state index in [1.807, 2.05) is 24.3 Å². The molecule has 0 radical (unpaired) electrons. The zero-order valence-electron chi connectivity index (χ0n) is 11.3. The van der Waals surface area contributed by atoms with Crippen LogP contribution in [0.3, 0.4) is 0 Å². The van der Waals surface area contributed by atoms with Gasteiger partial charge in [-0.3, -0.25) is 4.79 Å². The number of nitrogens with two attached hydrogens (primary N) is 1. The molecule has 21 heavy (non-hydrogen) atoms. The van der Waals surface area contributed by atoms with Crippen molar-refractivity contribution in [2.45, 2.75) is 13.1 Å². The maximum absolute atomic E-state index is 12.0. The van der Waals surface area contributed by atoms with Gasteiger partial charge in [0.1, 0.15) is 10.7 Å². The van der Waals surface area contributed by atoms with Crippen molar-refractivity contribution < 1.29 is 4.79 Å². The van der Waals surface area contributed by atoms with Crippen molar-refractivity contribution >= 4 is 27.5 Å². The molecule has 0 bridgehead atoms. The van der Waals surface area contributed by atoms with Gasteiger partial charge in [-0.05, 0) is 12.1 Å². The number of amides is 1. The number of rotatable bonds is 5. The van der Waals surface area contributed by atoms with Gasteiger partial charge in [-0.25, -0.2) is 9.97 Å². The van der Waals surface area contributed by atoms with Crippen molar-refractivity contribution in [1.29, 1.82) is 0 Å². The molecule has 0 atom stereocenters. The largest absolute Gasteiger partial charge is 0.344 e. The van der Waals surface area contributed by atoms with Gasteiger partial charge in [0, 0.05) is 19.3 Å². The number of aromatic nitrogens is 3. The number of imidazole rings is 1. The van der Waals surface area contributed by atoms with Crippen LogP contribution in [0, 0.1) is 0 Å². The molecule has 0 aliphatic rings. The number of thiazole rings is 1. The highest BCUT2D eigenvalue weighted by Crippen LogP contribution is 2.21. The van der Waals surface area contributed by atoms with Crippen molar-refractivity contribution in [2.24, 2.45) is 5.73 Å². The first-order chi connectivity index (χ1) is 10.3. The van der Waals surface area contributed by atoms with Crippen molar-refractivity contribution in [2.75, 3.05) is 6.54 Å². The number of fused-ring (bicyclic) bond motifs is 1. The highest BCUT2D eigenvalue weighted by Gasteiger charge is 2.10. The smallest absolute Gasteiger partial charge is 0.271 e. The first-order valence-corrected chi connectivity index (χ1v) is 7.42. The summed E-state index contributed by atoms with van der Waals surface area (Å²) in [5.41, 5.74) is 6.81. The lowest BCUT2D eigenvalue weighted by molar-refractivity contribution is 0.0946. The average molecular weight is 301 g/mol. The van der Waals surface area contributed by atoms with Gasteiger partial charge in [-0.2, -0.15) is 0 Å². The first kappa shape index (κ1) is 13.7. The fourth-order valence-electron chi connectivity index (χ4n) is 1.99. The average Bonchev–Trinajstić information content (AvgIpc) is 3.11. The number of nitrogens with zero attached hydrogens (tertiary/aromatic N) is 3. The lowest BCUT2D eigenvalue weighted by Gasteiger charge is -1.99. The second-order valence-electron chi connectivity index (χ2n) is 4.54. The van der Waals surface area contributed by atoms with Crippen LogP contribution in [0.25, 0.3) is 10.2 Å². The molecule has 0 aliphatic carbocycles. The zero-order chi connectivity index (χ0) is 14.7. The molecule has 0 saturated carbocycles. The van der Waals surface area contributed by atoms with Crippen molar-refractivity contribution in [3.8, 4) is 0 Å². The van der Waals surface area contributed by atoms with Gasteiger partial charge < -0.3 is 15.6 Å². The van der Waals surface area contributed by atoms with Gasteiger partial charge in [-0.1, -0.05) is 12.1 Å². The van der Waals surface area contributed by atoms with E-state index in [9.17, 15) is 4.79 Å². The summed E-state index contributed by atoms with van der Waals surface area (Å²) in [5, 5.41) is 3.71. The Morgan fingerprint density at radius 2 is 2.24 bits per heavy atom. The molecule has 0 aliphatic heterocycles. The van der Waals surface area contributed by atoms with Crippen molar-refractivity contribution in [3.63, 3.8) is 0 Å². The van der Waals surface area contributed by atoms with Crippen LogP contribution in [-0.2, 0) is 13.1 Å². The number of para-hydroxylation sites is 1. The highest BCUT2D eigenvalue weighted by molar-refractivity contribution is 7.18. The molecule has 1 aromatic carbocycles. The second kappa shape index (κ2) is 6.02. The van der Waals surface area contributed by atoms with E-state index in [4.69, 9.17) is 5.73 Å². The molecule has 3 N–H and O–H groups in total. The number of carbonyl (C=O) groups is 1. The summed E-state index contributed by atoms with van der Waals surface area (Å²) < 4.78 is 2.92. The number of hydrogen-bond donors (Lipinski definition) is 2. The standard InChI is InChI=1S/C14H15N5OS/c15-5-6-19-8-11(17-9-19)14(20)16-7-13-18-10-3-1-2-4-12(10)21-13/h1-4,8-9H,5-7,15H2,(H,16,20). The Morgan fingerprint density at radius 3 is 3.05 bits per heavy atom. The summed E-state index contributed by atoms with van der Waals surface area (Å²) in [4.78, 5) is 20.6. The molecule has 0 spiro atoms. The summed E-state index contributed by atoms with van der Waals surface area (Å²) in [7, 11) is 0. The van der Waals surface area contributed by atoms with E-state index < -0.39 is 0 Å². The Kier molecular flexibility index (Phi) is 3.94. The fraction of sp³-hybridized carbons (Fsp3) is 0.214. The Hall–Kier alpha value is -2.25. The van der Waals surface area contributed by atoms with Crippen LogP contribution in [0.5, 0.6) is 0 Å². The lowest BCUT2D eigenvalue weighted by atomic mass is 10.3. The number of benzene rings is 1. The van der Waals surface area contributed by atoms with Crippen LogP contribution < -0.4 is 11.1 Å². The van der Waals surface area contributed by atoms with E-state index in [0.717, 1.165) is 15.2 Å². The van der Waals surface area contributed by atoms with E-state index >= 15 is 0 Å². The van der Waals surface area contributed by atoms with Crippen LogP contribution in [0.2, 0.25) is 0 Å². The van der Waals surface area contributed by atoms with E-state index in [2.05, 4.69) is 15.3 Å². The molecule has 1 amide bonds. The second-order valence-corrected chi connectivity index (χ2v) is 5.66. The molecular weight excluding hydrogens is 286 g/mol. The first-order valence-electron chi connectivity index (χ1n) is 6.61. The van der Waals surface area contributed by atoms with Crippen molar-refractivity contribution in [3.05, 3.63) is 47.5 Å². The highest BCUT2D eigenvalue weighted by atomic mass is 32.1. The summed E-state index contributed by atoms with van der Waals surface area (Å²) >= 11 is 1.58. The fourth-order valence-corrected chi connectivity index (χ4v) is 2.90. The van der Waals surface area contributed by atoms with Gasteiger partial charge in [-0.15, -0.1) is 11.3 Å². The minimum atomic E-state index is -0.204. The third-order valence-electron chi connectivity index (χ3n) is 2.99. The number of carbonyl (C=O) groups excluding carboxylic acids is 1. The predicted molar refractivity (Wildman–Crippen MR) is 82.1 cm³/mol. The van der Waals surface area contributed by atoms with E-state index in [-0.39, 0.29) is 5.91 Å². The van der Waals surface area contributed by atoms with E-state index in [0.29, 0.717) is 25.3 Å². The Balaban J connectivity index is 1.64. The summed E-state index contributed by atoms with van der Waals surface area (Å²) in [6.07, 6.45) is 3.31. The zero-order valence-corrected chi connectivity index (χ0v) is 12.1. The van der Waals surface area contributed by atoms with E-state index in [1.54, 1.807) is 28.4 Å². The summed E-state index contributed by atoms with van der Waals surface area (Å²) in [5.74, 6) is -0.204. The minimum absolute atomic E-state index is 0.204. The van der Waals surface area contributed by atoms with Gasteiger partial charge in [0.2, 0.25) is 0 Å². The quantitative estimate of drug-likeness (QED) is 0.745. The molecule has 3 rings (SSSR count). The van der Waals surface area contributed by atoms with E-state index in [1.165, 1.54) is 0 Å². The van der Waals surface area contributed by atoms with Gasteiger partial charge in [0.15, 0.2) is 0 Å². The summed E-state index contributed by atoms with van der Waals surface area (Å²) in [6.45, 7) is 1.57. The maximum atomic E-state index is 12.0. The maximum Gasteiger partial charge on any atom is 0.271 e. The molecule has 6 nitrogen and oxygen atoms in total. The molecule has 3 aromatic rings. The van der Waals surface area contributed by atoms with Gasteiger partial charge in [0.25, 0.3) is 5.91 Å². The Bertz CT molecular complexity index is 730. The third-order valence-corrected chi connectivity index (χ3v) is 4.03. The van der Waals surface area contributed by atoms with Crippen molar-refractivity contribution in [1.82, 2.24) is 19.9 Å². The molecule has 7 heteroatoms. The molecular formula is C14H15N5OS. The summed E-state index contributed by atoms with van der Waals surface area (Å²) in [6, 6.07) is 7.92. The number of hydrogen-bond acceptors (Lipinski definition) is 5. The molecule has 0 fully saturated rings. The molecule has 2 aromatic heterocycles. The SMILES string of the molecule is NCCn1cnc(C(=O)NCc2nc3ccccc3s2)c1.